The molecule has 3 aromatic rings. The number of aromatic nitrogens is 4. The fourth-order valence-corrected chi connectivity index (χ4v) is 3.90. The number of nitrogens with zero attached hydrogens (tertiary/aromatic N) is 4. The molecule has 0 radical (unpaired) electrons. The van der Waals surface area contributed by atoms with Gasteiger partial charge in [-0.3, -0.25) is 4.79 Å². The summed E-state index contributed by atoms with van der Waals surface area (Å²) < 4.78 is 5.57. The second kappa shape index (κ2) is 9.63. The zero-order chi connectivity index (χ0) is 20.7. The van der Waals surface area contributed by atoms with Gasteiger partial charge in [-0.25, -0.2) is 0 Å². The predicted octanol–water partition coefficient (Wildman–Crippen LogP) is 2.98. The molecule has 2 heterocycles. The monoisotopic (exact) mass is 405 g/mol. The fraction of sp³-hybridized carbons (Fsp3) is 0.391. The van der Waals surface area contributed by atoms with Crippen molar-refractivity contribution in [2.24, 2.45) is 0 Å². The maximum atomic E-state index is 12.5. The number of rotatable bonds is 8. The zero-order valence-electron chi connectivity index (χ0n) is 17.0. The normalized spacial score (nSPS) is 15.6. The molecule has 0 aliphatic carbocycles. The first-order chi connectivity index (χ1) is 14.8. The van der Waals surface area contributed by atoms with Crippen LogP contribution in [0.2, 0.25) is 0 Å². The number of tetrazole rings is 1. The summed E-state index contributed by atoms with van der Waals surface area (Å²) in [6.45, 7) is 2.66. The first-order valence-corrected chi connectivity index (χ1v) is 10.5. The molecule has 7 heteroatoms. The molecule has 4 rings (SSSR count). The molecule has 1 N–H and O–H groups in total. The van der Waals surface area contributed by atoms with Crippen LogP contribution in [0.5, 0.6) is 0 Å². The van der Waals surface area contributed by atoms with Crippen LogP contribution < -0.4 is 5.32 Å². The van der Waals surface area contributed by atoms with E-state index in [2.05, 4.69) is 45.0 Å². The SMILES string of the molecule is O=C(CCCn1nnc(-c2ccccc2)n1)NCC1(c2ccccc2)CCOCC1. The Morgan fingerprint density at radius 3 is 2.47 bits per heavy atom. The average Bonchev–Trinajstić information content (AvgIpc) is 3.28. The summed E-state index contributed by atoms with van der Waals surface area (Å²) in [5, 5.41) is 15.7. The second-order valence-electron chi connectivity index (χ2n) is 7.71. The van der Waals surface area contributed by atoms with E-state index in [-0.39, 0.29) is 11.3 Å². The lowest BCUT2D eigenvalue weighted by Gasteiger charge is -2.38. The number of aryl methyl sites for hydroxylation is 1. The van der Waals surface area contributed by atoms with E-state index >= 15 is 0 Å². The number of nitrogens with one attached hydrogen (secondary N) is 1. The summed E-state index contributed by atoms with van der Waals surface area (Å²) in [5.74, 6) is 0.657. The first-order valence-electron chi connectivity index (χ1n) is 10.5. The Balaban J connectivity index is 1.27. The smallest absolute Gasteiger partial charge is 0.220 e. The van der Waals surface area contributed by atoms with Gasteiger partial charge in [0, 0.05) is 37.2 Å². The molecule has 2 aromatic carbocycles. The summed E-state index contributed by atoms with van der Waals surface area (Å²) in [6, 6.07) is 20.2. The highest BCUT2D eigenvalue weighted by molar-refractivity contribution is 5.76. The third-order valence-corrected chi connectivity index (χ3v) is 5.71. The molecule has 7 nitrogen and oxygen atoms in total. The van der Waals surface area contributed by atoms with E-state index in [9.17, 15) is 4.79 Å². The number of carbonyl (C=O) groups is 1. The number of hydrogen-bond donors (Lipinski definition) is 1. The number of amides is 1. The van der Waals surface area contributed by atoms with Crippen LogP contribution in [0.25, 0.3) is 11.4 Å². The minimum Gasteiger partial charge on any atom is -0.381 e. The van der Waals surface area contributed by atoms with Gasteiger partial charge in [0.05, 0.1) is 6.54 Å². The van der Waals surface area contributed by atoms with Gasteiger partial charge in [0.15, 0.2) is 0 Å². The number of ether oxygens (including phenoxy) is 1. The number of benzene rings is 2. The summed E-state index contributed by atoms with van der Waals surface area (Å²) >= 11 is 0. The molecule has 0 unspecified atom stereocenters. The van der Waals surface area contributed by atoms with Crippen molar-refractivity contribution < 1.29 is 9.53 Å². The molecule has 0 saturated carbocycles. The molecule has 1 aliphatic rings. The Morgan fingerprint density at radius 1 is 1.03 bits per heavy atom. The van der Waals surface area contributed by atoms with Gasteiger partial charge in [0.1, 0.15) is 0 Å². The Bertz CT molecular complexity index is 936. The van der Waals surface area contributed by atoms with Gasteiger partial charge in [0.2, 0.25) is 11.7 Å². The summed E-state index contributed by atoms with van der Waals surface area (Å²) in [7, 11) is 0. The Morgan fingerprint density at radius 2 is 1.73 bits per heavy atom. The van der Waals surface area contributed by atoms with Crippen LogP contribution in [-0.2, 0) is 21.5 Å². The van der Waals surface area contributed by atoms with Crippen molar-refractivity contribution in [1.29, 1.82) is 0 Å². The zero-order valence-corrected chi connectivity index (χ0v) is 17.0. The van der Waals surface area contributed by atoms with Crippen molar-refractivity contribution in [3.63, 3.8) is 0 Å². The van der Waals surface area contributed by atoms with E-state index < -0.39 is 0 Å². The van der Waals surface area contributed by atoms with Crippen molar-refractivity contribution >= 4 is 5.91 Å². The summed E-state index contributed by atoms with van der Waals surface area (Å²) in [4.78, 5) is 14.0. The van der Waals surface area contributed by atoms with Crippen molar-refractivity contribution in [1.82, 2.24) is 25.5 Å². The van der Waals surface area contributed by atoms with Gasteiger partial charge < -0.3 is 10.1 Å². The minimum absolute atomic E-state index is 0.0484. The topological polar surface area (TPSA) is 81.9 Å². The molecular weight excluding hydrogens is 378 g/mol. The standard InChI is InChI=1S/C23H27N5O2/c29-21(12-7-15-28-26-22(25-27-28)19-8-3-1-4-9-19)24-18-23(13-16-30-17-14-23)20-10-5-2-6-11-20/h1-6,8-11H,7,12-18H2,(H,24,29). The van der Waals surface area contributed by atoms with Crippen LogP contribution >= 0.6 is 0 Å². The third-order valence-electron chi connectivity index (χ3n) is 5.71. The van der Waals surface area contributed by atoms with Crippen LogP contribution in [0.15, 0.2) is 60.7 Å². The lowest BCUT2D eigenvalue weighted by Crippen LogP contribution is -2.44. The van der Waals surface area contributed by atoms with Crippen molar-refractivity contribution in [3.8, 4) is 11.4 Å². The Labute approximate surface area is 176 Å². The van der Waals surface area contributed by atoms with E-state index in [0.717, 1.165) is 31.6 Å². The van der Waals surface area contributed by atoms with Crippen LogP contribution in [0.1, 0.15) is 31.2 Å². The van der Waals surface area contributed by atoms with Gasteiger partial charge >= 0.3 is 0 Å². The van der Waals surface area contributed by atoms with E-state index in [1.54, 1.807) is 4.80 Å². The fourth-order valence-electron chi connectivity index (χ4n) is 3.90. The van der Waals surface area contributed by atoms with Crippen molar-refractivity contribution in [2.75, 3.05) is 19.8 Å². The molecule has 156 valence electrons. The van der Waals surface area contributed by atoms with Gasteiger partial charge in [-0.15, -0.1) is 10.2 Å². The summed E-state index contributed by atoms with van der Waals surface area (Å²) in [6.07, 6.45) is 2.94. The molecule has 0 bridgehead atoms. The quantitative estimate of drug-likeness (QED) is 0.623. The largest absolute Gasteiger partial charge is 0.381 e. The molecule has 0 atom stereocenters. The lowest BCUT2D eigenvalue weighted by atomic mass is 9.74. The van der Waals surface area contributed by atoms with Gasteiger partial charge in [-0.2, -0.15) is 4.80 Å². The van der Waals surface area contributed by atoms with Gasteiger partial charge in [-0.1, -0.05) is 60.7 Å². The second-order valence-corrected chi connectivity index (χ2v) is 7.71. The molecule has 1 saturated heterocycles. The highest BCUT2D eigenvalue weighted by Gasteiger charge is 2.34. The maximum Gasteiger partial charge on any atom is 0.220 e. The molecule has 0 spiro atoms. The first kappa shape index (κ1) is 20.2. The molecule has 30 heavy (non-hydrogen) atoms. The number of carbonyl (C=O) groups excluding carboxylic acids is 1. The predicted molar refractivity (Wildman–Crippen MR) is 114 cm³/mol. The average molecular weight is 406 g/mol. The van der Waals surface area contributed by atoms with E-state index in [1.807, 2.05) is 36.4 Å². The molecule has 1 fully saturated rings. The van der Waals surface area contributed by atoms with Gasteiger partial charge in [0.25, 0.3) is 0 Å². The third kappa shape index (κ3) is 4.91. The van der Waals surface area contributed by atoms with Crippen molar-refractivity contribution in [2.45, 2.75) is 37.6 Å². The minimum atomic E-state index is -0.0484. The number of hydrogen-bond acceptors (Lipinski definition) is 5. The molecular formula is C23H27N5O2. The van der Waals surface area contributed by atoms with Crippen molar-refractivity contribution in [3.05, 3.63) is 66.2 Å². The molecule has 1 aromatic heterocycles. The van der Waals surface area contributed by atoms with E-state index in [4.69, 9.17) is 4.74 Å². The van der Waals surface area contributed by atoms with E-state index in [1.165, 1.54) is 5.56 Å². The van der Waals surface area contributed by atoms with Crippen LogP contribution in [0, 0.1) is 0 Å². The lowest BCUT2D eigenvalue weighted by molar-refractivity contribution is -0.121. The highest BCUT2D eigenvalue weighted by Crippen LogP contribution is 2.34. The summed E-state index contributed by atoms with van der Waals surface area (Å²) in [5.41, 5.74) is 2.16. The van der Waals surface area contributed by atoms with Crippen LogP contribution in [-0.4, -0.2) is 45.9 Å². The molecule has 1 aliphatic heterocycles. The van der Waals surface area contributed by atoms with Gasteiger partial charge in [-0.05, 0) is 30.0 Å². The van der Waals surface area contributed by atoms with Crippen LogP contribution in [0.3, 0.4) is 0 Å². The van der Waals surface area contributed by atoms with Crippen LogP contribution in [0.4, 0.5) is 0 Å². The Hall–Kier alpha value is -3.06. The maximum absolute atomic E-state index is 12.5. The Kier molecular flexibility index (Phi) is 6.49. The molecule has 1 amide bonds. The highest BCUT2D eigenvalue weighted by atomic mass is 16.5. The van der Waals surface area contributed by atoms with E-state index in [0.29, 0.717) is 31.8 Å².